The molecule has 28 heavy (non-hydrogen) atoms. The minimum Gasteiger partial charge on any atom is -0.477 e. The number of nitrogens with two attached hydrogens (primary N) is 1. The van der Waals surface area contributed by atoms with Crippen LogP contribution in [0.1, 0.15) is 33.1 Å². The fourth-order valence-electron chi connectivity index (χ4n) is 3.09. The molecule has 0 bridgehead atoms. The third-order valence-corrected chi connectivity index (χ3v) is 4.76. The smallest absolute Gasteiger partial charge is 0.354 e. The first kappa shape index (κ1) is 19.6. The Morgan fingerprint density at radius 2 is 1.93 bits per heavy atom. The van der Waals surface area contributed by atoms with E-state index in [1.54, 1.807) is 4.90 Å². The maximum absolute atomic E-state index is 11.8. The number of rotatable bonds is 4. The molecule has 9 heteroatoms. The van der Waals surface area contributed by atoms with E-state index in [4.69, 9.17) is 10.8 Å². The van der Waals surface area contributed by atoms with Crippen molar-refractivity contribution in [1.29, 1.82) is 0 Å². The Balaban J connectivity index is 0.000000162. The van der Waals surface area contributed by atoms with E-state index in [9.17, 15) is 9.59 Å². The largest absolute Gasteiger partial charge is 0.477 e. The second-order valence-corrected chi connectivity index (χ2v) is 6.60. The van der Waals surface area contributed by atoms with Crippen molar-refractivity contribution in [2.75, 3.05) is 19.6 Å². The molecular formula is C19H24N6O3. The van der Waals surface area contributed by atoms with Crippen molar-refractivity contribution in [1.82, 2.24) is 24.2 Å². The van der Waals surface area contributed by atoms with Crippen molar-refractivity contribution in [3.8, 4) is 0 Å². The van der Waals surface area contributed by atoms with Crippen molar-refractivity contribution < 1.29 is 14.7 Å². The zero-order chi connectivity index (χ0) is 20.3. The molecule has 1 aliphatic heterocycles. The quantitative estimate of drug-likeness (QED) is 0.694. The summed E-state index contributed by atoms with van der Waals surface area (Å²) in [5.74, 6) is -0.311. The van der Waals surface area contributed by atoms with Crippen LogP contribution < -0.4 is 5.73 Å². The number of fused-ring (bicyclic) bond motifs is 1. The van der Waals surface area contributed by atoms with Gasteiger partial charge in [-0.2, -0.15) is 5.10 Å². The molecule has 9 nitrogen and oxygen atoms in total. The van der Waals surface area contributed by atoms with E-state index < -0.39 is 5.97 Å². The summed E-state index contributed by atoms with van der Waals surface area (Å²) in [4.78, 5) is 28.8. The van der Waals surface area contributed by atoms with Crippen molar-refractivity contribution in [2.24, 2.45) is 19.8 Å². The van der Waals surface area contributed by atoms with Gasteiger partial charge in [-0.3, -0.25) is 9.48 Å². The number of hydrogen-bond acceptors (Lipinski definition) is 5. The van der Waals surface area contributed by atoms with E-state index in [0.717, 1.165) is 24.2 Å². The molecule has 3 aromatic rings. The van der Waals surface area contributed by atoms with Crippen LogP contribution in [0.15, 0.2) is 30.5 Å². The second kappa shape index (κ2) is 8.22. The maximum atomic E-state index is 11.8. The average Bonchev–Trinajstić information content (AvgIpc) is 3.16. The number of carbonyl (C=O) groups excluding carboxylic acids is 1. The molecule has 3 N–H and O–H groups in total. The maximum Gasteiger partial charge on any atom is 0.354 e. The molecule has 3 heterocycles. The lowest BCUT2D eigenvalue weighted by atomic mass is 10.1. The van der Waals surface area contributed by atoms with Crippen LogP contribution in [0.3, 0.4) is 0 Å². The Morgan fingerprint density at radius 3 is 2.50 bits per heavy atom. The molecule has 0 aliphatic carbocycles. The number of carbonyl (C=O) groups is 2. The highest BCUT2D eigenvalue weighted by atomic mass is 16.4. The molecule has 1 amide bonds. The van der Waals surface area contributed by atoms with E-state index >= 15 is 0 Å². The molecule has 1 fully saturated rings. The number of benzene rings is 1. The molecule has 1 saturated heterocycles. The molecule has 1 aromatic carbocycles. The van der Waals surface area contributed by atoms with Gasteiger partial charge in [-0.15, -0.1) is 0 Å². The lowest BCUT2D eigenvalue weighted by Crippen LogP contribution is -2.42. The van der Waals surface area contributed by atoms with E-state index in [1.807, 2.05) is 25.2 Å². The first-order valence-corrected chi connectivity index (χ1v) is 9.09. The number of nitrogens with zero attached hydrogens (tertiary/aromatic N) is 5. The van der Waals surface area contributed by atoms with Crippen molar-refractivity contribution in [3.05, 3.63) is 47.5 Å². The predicted octanol–water partition coefficient (Wildman–Crippen LogP) is 1.04. The SMILES string of the molecule is Cn1c(CCN)nc2ccccc21.Cn1ncc(C(=O)N2CCC2)c1C(=O)O. The topological polar surface area (TPSA) is 119 Å². The number of carboxylic acid groups (broad SMARTS) is 1. The van der Waals surface area contributed by atoms with Gasteiger partial charge in [-0.25, -0.2) is 9.78 Å². The summed E-state index contributed by atoms with van der Waals surface area (Å²) in [7, 11) is 3.54. The number of hydrogen-bond donors (Lipinski definition) is 2. The van der Waals surface area contributed by atoms with Gasteiger partial charge in [0.2, 0.25) is 0 Å². The van der Waals surface area contributed by atoms with Crippen molar-refractivity contribution in [3.63, 3.8) is 0 Å². The van der Waals surface area contributed by atoms with Crippen LogP contribution in [0.2, 0.25) is 0 Å². The van der Waals surface area contributed by atoms with Crippen LogP contribution >= 0.6 is 0 Å². The normalized spacial score (nSPS) is 13.0. The predicted molar refractivity (Wildman–Crippen MR) is 104 cm³/mol. The summed E-state index contributed by atoms with van der Waals surface area (Å²) >= 11 is 0. The highest BCUT2D eigenvalue weighted by molar-refractivity contribution is 6.03. The zero-order valence-corrected chi connectivity index (χ0v) is 16.0. The molecule has 4 rings (SSSR count). The third kappa shape index (κ3) is 3.74. The first-order chi connectivity index (χ1) is 13.4. The highest BCUT2D eigenvalue weighted by Crippen LogP contribution is 2.16. The summed E-state index contributed by atoms with van der Waals surface area (Å²) in [6.45, 7) is 2.05. The number of imidazole rings is 1. The number of amides is 1. The van der Waals surface area contributed by atoms with Gasteiger partial charge in [-0.1, -0.05) is 12.1 Å². The Bertz CT molecular complexity index is 1000. The van der Waals surface area contributed by atoms with Crippen LogP contribution in [-0.4, -0.2) is 60.8 Å². The lowest BCUT2D eigenvalue weighted by Gasteiger charge is -2.30. The van der Waals surface area contributed by atoms with Crippen LogP contribution in [0.25, 0.3) is 11.0 Å². The number of aryl methyl sites for hydroxylation is 2. The van der Waals surface area contributed by atoms with Gasteiger partial charge < -0.3 is 20.3 Å². The van der Waals surface area contributed by atoms with Crippen LogP contribution in [0.4, 0.5) is 0 Å². The van der Waals surface area contributed by atoms with Gasteiger partial charge in [0.25, 0.3) is 5.91 Å². The number of aromatic carboxylic acids is 1. The Kier molecular flexibility index (Phi) is 5.74. The molecule has 0 atom stereocenters. The molecule has 0 radical (unpaired) electrons. The molecule has 148 valence electrons. The number of para-hydroxylation sites is 2. The minimum absolute atomic E-state index is 0.0492. The molecule has 0 spiro atoms. The molecule has 2 aromatic heterocycles. The van der Waals surface area contributed by atoms with E-state index in [2.05, 4.69) is 20.7 Å². The van der Waals surface area contributed by atoms with Crippen LogP contribution in [-0.2, 0) is 20.5 Å². The average molecular weight is 384 g/mol. The summed E-state index contributed by atoms with van der Waals surface area (Å²) < 4.78 is 3.30. The van der Waals surface area contributed by atoms with Gasteiger partial charge in [0.1, 0.15) is 5.82 Å². The fourth-order valence-corrected chi connectivity index (χ4v) is 3.09. The van der Waals surface area contributed by atoms with Gasteiger partial charge in [0.05, 0.1) is 22.8 Å². The highest BCUT2D eigenvalue weighted by Gasteiger charge is 2.28. The monoisotopic (exact) mass is 384 g/mol. The second-order valence-electron chi connectivity index (χ2n) is 6.60. The lowest BCUT2D eigenvalue weighted by molar-refractivity contribution is 0.0621. The fraction of sp³-hybridized carbons (Fsp3) is 0.368. The summed E-state index contributed by atoms with van der Waals surface area (Å²) in [6, 6.07) is 8.12. The summed E-state index contributed by atoms with van der Waals surface area (Å²) in [6.07, 6.45) is 3.13. The van der Waals surface area contributed by atoms with Crippen molar-refractivity contribution in [2.45, 2.75) is 12.8 Å². The van der Waals surface area contributed by atoms with E-state index in [0.29, 0.717) is 19.6 Å². The Labute approximate surface area is 162 Å². The minimum atomic E-state index is -1.13. The molecular weight excluding hydrogens is 360 g/mol. The zero-order valence-electron chi connectivity index (χ0n) is 16.0. The third-order valence-electron chi connectivity index (χ3n) is 4.76. The number of likely N-dealkylation sites (tertiary alicyclic amines) is 1. The van der Waals surface area contributed by atoms with Crippen LogP contribution in [0.5, 0.6) is 0 Å². The first-order valence-electron chi connectivity index (χ1n) is 9.09. The molecule has 1 aliphatic rings. The standard InChI is InChI=1S/C10H13N3.C9H11N3O3/c1-13-9-5-3-2-4-8(9)12-10(13)6-7-11;1-11-7(9(14)15)6(5-10-11)8(13)12-3-2-4-12/h2-5H,6-7,11H2,1H3;5H,2-4H2,1H3,(H,14,15). The molecule has 0 unspecified atom stereocenters. The summed E-state index contributed by atoms with van der Waals surface area (Å²) in [5, 5.41) is 12.7. The Morgan fingerprint density at radius 1 is 1.21 bits per heavy atom. The van der Waals surface area contributed by atoms with Crippen molar-refractivity contribution >= 4 is 22.9 Å². The number of aromatic nitrogens is 4. The van der Waals surface area contributed by atoms with Gasteiger partial charge >= 0.3 is 5.97 Å². The number of carboxylic acids is 1. The Hall–Kier alpha value is -3.20. The summed E-state index contributed by atoms with van der Waals surface area (Å²) in [5.41, 5.74) is 7.84. The van der Waals surface area contributed by atoms with E-state index in [1.165, 1.54) is 23.4 Å². The van der Waals surface area contributed by atoms with E-state index in [-0.39, 0.29) is 17.2 Å². The molecule has 0 saturated carbocycles. The van der Waals surface area contributed by atoms with Gasteiger partial charge in [-0.05, 0) is 25.1 Å². The van der Waals surface area contributed by atoms with Gasteiger partial charge in [0, 0.05) is 33.6 Å². The van der Waals surface area contributed by atoms with Gasteiger partial charge in [0.15, 0.2) is 5.69 Å². The van der Waals surface area contributed by atoms with Crippen LogP contribution in [0, 0.1) is 0 Å².